The highest BCUT2D eigenvalue weighted by Gasteiger charge is 2.30. The summed E-state index contributed by atoms with van der Waals surface area (Å²) in [4.78, 5) is 18.4. The summed E-state index contributed by atoms with van der Waals surface area (Å²) in [5.41, 5.74) is 4.57. The van der Waals surface area contributed by atoms with Gasteiger partial charge in [-0.05, 0) is 82.6 Å². The summed E-state index contributed by atoms with van der Waals surface area (Å²) in [6.45, 7) is 10.2. The van der Waals surface area contributed by atoms with Gasteiger partial charge in [-0.2, -0.15) is 0 Å². The zero-order chi connectivity index (χ0) is 25.8. The van der Waals surface area contributed by atoms with Crippen LogP contribution in [0.5, 0.6) is 0 Å². The molecule has 2 aromatic heterocycles. The number of benzene rings is 2. The minimum atomic E-state index is -0.286. The van der Waals surface area contributed by atoms with Crippen molar-refractivity contribution in [2.45, 2.75) is 53.4 Å². The first-order chi connectivity index (χ1) is 17.3. The third-order valence-corrected chi connectivity index (χ3v) is 6.56. The number of rotatable bonds is 10. The fraction of sp³-hybridized carbons (Fsp3) is 0.407. The maximum Gasteiger partial charge on any atom is 0.252 e. The number of methoxy groups -OCH3 is 1. The molecule has 0 aliphatic rings. The summed E-state index contributed by atoms with van der Waals surface area (Å²) in [6.07, 6.45) is 0. The molecule has 0 aliphatic carbocycles. The van der Waals surface area contributed by atoms with Crippen LogP contribution in [0.4, 0.5) is 4.39 Å². The van der Waals surface area contributed by atoms with Crippen LogP contribution in [-0.2, 0) is 24.4 Å². The Morgan fingerprint density at radius 1 is 1.08 bits per heavy atom. The van der Waals surface area contributed by atoms with Crippen molar-refractivity contribution < 1.29 is 9.13 Å². The predicted octanol–water partition coefficient (Wildman–Crippen LogP) is 4.32. The number of hydrogen-bond donors (Lipinski definition) is 1. The van der Waals surface area contributed by atoms with Crippen molar-refractivity contribution >= 4 is 10.9 Å². The average Bonchev–Trinajstić information content (AvgIpc) is 3.28. The molecule has 0 amide bonds. The van der Waals surface area contributed by atoms with E-state index in [9.17, 15) is 9.18 Å². The molecule has 9 heteroatoms. The van der Waals surface area contributed by atoms with Crippen molar-refractivity contribution in [3.05, 3.63) is 86.7 Å². The highest BCUT2D eigenvalue weighted by molar-refractivity contribution is 5.80. The molecule has 0 aliphatic heterocycles. The second-order valence-corrected chi connectivity index (χ2v) is 9.62. The maximum atomic E-state index is 13.6. The summed E-state index contributed by atoms with van der Waals surface area (Å²) in [5.74, 6) is 0.542. The molecule has 1 N–H and O–H groups in total. The topological polar surface area (TPSA) is 88.9 Å². The fourth-order valence-corrected chi connectivity index (χ4v) is 4.58. The number of aromatic nitrogens is 5. The van der Waals surface area contributed by atoms with Crippen LogP contribution >= 0.6 is 0 Å². The Kier molecular flexibility index (Phi) is 7.91. The lowest BCUT2D eigenvalue weighted by atomic mass is 9.99. The van der Waals surface area contributed by atoms with Crippen LogP contribution in [0.3, 0.4) is 0 Å². The standard InChI is InChI=1S/C27H33FN6O2/c1-17(2)25(26-30-31-32-34(26)10-11-36-5)33(15-20-6-8-23(28)9-7-20)16-22-14-21-12-18(3)19(4)13-24(21)29-27(22)35/h6-9,12-14,17,25H,10-11,15-16H2,1-5H3,(H,29,35). The van der Waals surface area contributed by atoms with E-state index in [2.05, 4.69) is 52.2 Å². The van der Waals surface area contributed by atoms with E-state index in [0.717, 1.165) is 22.0 Å². The second kappa shape index (κ2) is 11.1. The van der Waals surface area contributed by atoms with Crippen molar-refractivity contribution in [3.63, 3.8) is 0 Å². The van der Waals surface area contributed by atoms with Crippen molar-refractivity contribution in [3.8, 4) is 0 Å². The van der Waals surface area contributed by atoms with Gasteiger partial charge >= 0.3 is 0 Å². The van der Waals surface area contributed by atoms with Gasteiger partial charge in [0.1, 0.15) is 5.82 Å². The highest BCUT2D eigenvalue weighted by atomic mass is 19.1. The second-order valence-electron chi connectivity index (χ2n) is 9.62. The average molecular weight is 493 g/mol. The van der Waals surface area contributed by atoms with Crippen molar-refractivity contribution in [1.29, 1.82) is 0 Å². The molecule has 1 unspecified atom stereocenters. The van der Waals surface area contributed by atoms with Gasteiger partial charge in [0.2, 0.25) is 0 Å². The minimum absolute atomic E-state index is 0.127. The van der Waals surface area contributed by atoms with Gasteiger partial charge < -0.3 is 9.72 Å². The van der Waals surface area contributed by atoms with Gasteiger partial charge in [0.25, 0.3) is 5.56 Å². The smallest absolute Gasteiger partial charge is 0.252 e. The van der Waals surface area contributed by atoms with Gasteiger partial charge in [-0.1, -0.05) is 26.0 Å². The summed E-state index contributed by atoms with van der Waals surface area (Å²) < 4.78 is 20.6. The largest absolute Gasteiger partial charge is 0.383 e. The van der Waals surface area contributed by atoms with Gasteiger partial charge in [0.15, 0.2) is 5.82 Å². The zero-order valence-corrected chi connectivity index (χ0v) is 21.5. The highest BCUT2D eigenvalue weighted by Crippen LogP contribution is 2.30. The Morgan fingerprint density at radius 3 is 2.50 bits per heavy atom. The van der Waals surface area contributed by atoms with E-state index in [1.807, 2.05) is 19.1 Å². The Balaban J connectivity index is 1.77. The molecule has 4 aromatic rings. The van der Waals surface area contributed by atoms with Gasteiger partial charge in [-0.15, -0.1) is 5.10 Å². The van der Waals surface area contributed by atoms with Crippen molar-refractivity contribution in [2.24, 2.45) is 5.92 Å². The third kappa shape index (κ3) is 5.68. The first-order valence-electron chi connectivity index (χ1n) is 12.1. The summed E-state index contributed by atoms with van der Waals surface area (Å²) in [5, 5.41) is 13.4. The van der Waals surface area contributed by atoms with Crippen LogP contribution in [0.25, 0.3) is 10.9 Å². The molecule has 0 saturated carbocycles. The van der Waals surface area contributed by atoms with Gasteiger partial charge in [-0.25, -0.2) is 9.07 Å². The number of halogens is 1. The monoisotopic (exact) mass is 492 g/mol. The van der Waals surface area contributed by atoms with Crippen LogP contribution < -0.4 is 5.56 Å². The number of ether oxygens (including phenoxy) is 1. The molecule has 0 fully saturated rings. The Hall–Kier alpha value is -3.43. The summed E-state index contributed by atoms with van der Waals surface area (Å²) in [6, 6.07) is 12.3. The lowest BCUT2D eigenvalue weighted by molar-refractivity contribution is 0.121. The number of H-pyrrole nitrogens is 1. The molecule has 2 heterocycles. The maximum absolute atomic E-state index is 13.6. The van der Waals surface area contributed by atoms with Crippen LogP contribution in [0, 0.1) is 25.6 Å². The Bertz CT molecular complexity index is 1380. The van der Waals surface area contributed by atoms with Crippen LogP contribution in [-0.4, -0.2) is 43.8 Å². The number of nitrogens with zero attached hydrogens (tertiary/aromatic N) is 5. The molecule has 1 atom stereocenters. The van der Waals surface area contributed by atoms with E-state index in [1.165, 1.54) is 17.7 Å². The SMILES string of the molecule is COCCn1nnnc1C(C(C)C)N(Cc1ccc(F)cc1)Cc1cc2cc(C)c(C)cc2[nH]c1=O. The number of aryl methyl sites for hydroxylation is 2. The van der Waals surface area contributed by atoms with Gasteiger partial charge in [0, 0.05) is 31.3 Å². The normalized spacial score (nSPS) is 12.7. The van der Waals surface area contributed by atoms with Crippen LogP contribution in [0.2, 0.25) is 0 Å². The molecule has 0 spiro atoms. The Labute approximate surface area is 210 Å². The summed E-state index contributed by atoms with van der Waals surface area (Å²) in [7, 11) is 1.64. The van der Waals surface area contributed by atoms with Crippen molar-refractivity contribution in [2.75, 3.05) is 13.7 Å². The Morgan fingerprint density at radius 2 is 1.81 bits per heavy atom. The van der Waals surface area contributed by atoms with E-state index in [4.69, 9.17) is 4.74 Å². The van der Waals surface area contributed by atoms with Crippen LogP contribution in [0.1, 0.15) is 48.0 Å². The van der Waals surface area contributed by atoms with E-state index in [1.54, 1.807) is 23.9 Å². The van der Waals surface area contributed by atoms with Crippen molar-refractivity contribution in [1.82, 2.24) is 30.1 Å². The van der Waals surface area contributed by atoms with E-state index >= 15 is 0 Å². The number of nitrogens with one attached hydrogen (secondary N) is 1. The fourth-order valence-electron chi connectivity index (χ4n) is 4.58. The number of pyridine rings is 1. The van der Waals surface area contributed by atoms with Crippen LogP contribution in [0.15, 0.2) is 47.3 Å². The lowest BCUT2D eigenvalue weighted by Gasteiger charge is -2.33. The molecule has 2 aromatic carbocycles. The first kappa shape index (κ1) is 25.7. The van der Waals surface area contributed by atoms with E-state index in [0.29, 0.717) is 37.6 Å². The molecule has 8 nitrogen and oxygen atoms in total. The lowest BCUT2D eigenvalue weighted by Crippen LogP contribution is -2.35. The number of aromatic amines is 1. The predicted molar refractivity (Wildman–Crippen MR) is 137 cm³/mol. The minimum Gasteiger partial charge on any atom is -0.383 e. The summed E-state index contributed by atoms with van der Waals surface area (Å²) >= 11 is 0. The van der Waals surface area contributed by atoms with E-state index < -0.39 is 0 Å². The third-order valence-electron chi connectivity index (χ3n) is 6.56. The zero-order valence-electron chi connectivity index (χ0n) is 21.5. The quantitative estimate of drug-likeness (QED) is 0.355. The van der Waals surface area contributed by atoms with Gasteiger partial charge in [-0.3, -0.25) is 9.69 Å². The molecule has 36 heavy (non-hydrogen) atoms. The number of tetrazole rings is 1. The molecular formula is C27H33FN6O2. The van der Waals surface area contributed by atoms with E-state index in [-0.39, 0.29) is 23.3 Å². The van der Waals surface area contributed by atoms with Gasteiger partial charge in [0.05, 0.1) is 19.2 Å². The first-order valence-corrected chi connectivity index (χ1v) is 12.1. The molecule has 0 saturated heterocycles. The number of hydrogen-bond acceptors (Lipinski definition) is 6. The molecule has 0 bridgehead atoms. The molecule has 4 rings (SSSR count). The molecule has 190 valence electrons. The molecule has 0 radical (unpaired) electrons. The molecular weight excluding hydrogens is 459 g/mol. The number of fused-ring (bicyclic) bond motifs is 1.